The molecule has 5 nitrogen and oxygen atoms in total. The van der Waals surface area contributed by atoms with Crippen molar-refractivity contribution in [2.45, 2.75) is 26.8 Å². The van der Waals surface area contributed by atoms with Crippen molar-refractivity contribution >= 4 is 11.8 Å². The van der Waals surface area contributed by atoms with Gasteiger partial charge in [-0.25, -0.2) is 4.79 Å². The third kappa shape index (κ3) is 3.08. The van der Waals surface area contributed by atoms with Crippen molar-refractivity contribution in [3.63, 3.8) is 0 Å². The van der Waals surface area contributed by atoms with Crippen molar-refractivity contribution in [2.24, 2.45) is 0 Å². The first-order valence-electron chi connectivity index (χ1n) is 4.72. The molecule has 0 aromatic carbocycles. The van der Waals surface area contributed by atoms with Crippen LogP contribution in [0.15, 0.2) is 12.4 Å². The molecule has 5 heteroatoms. The topological polar surface area (TPSA) is 56.2 Å². The van der Waals surface area contributed by atoms with E-state index in [-0.39, 0.29) is 0 Å². The lowest BCUT2D eigenvalue weighted by Gasteiger charge is -2.01. The zero-order valence-electron chi connectivity index (χ0n) is 8.49. The summed E-state index contributed by atoms with van der Waals surface area (Å²) < 4.78 is 6.51. The van der Waals surface area contributed by atoms with E-state index in [4.69, 9.17) is 4.74 Å². The predicted octanol–water partition coefficient (Wildman–Crippen LogP) is 1.86. The van der Waals surface area contributed by atoms with Crippen molar-refractivity contribution in [1.82, 2.24) is 9.78 Å². The van der Waals surface area contributed by atoms with Crippen LogP contribution >= 0.6 is 0 Å². The molecule has 0 saturated carbocycles. The van der Waals surface area contributed by atoms with Crippen LogP contribution in [0.1, 0.15) is 20.3 Å². The van der Waals surface area contributed by atoms with Crippen LogP contribution in [-0.2, 0) is 11.3 Å². The van der Waals surface area contributed by atoms with Crippen molar-refractivity contribution in [3.8, 4) is 0 Å². The van der Waals surface area contributed by atoms with E-state index < -0.39 is 6.09 Å². The monoisotopic (exact) mass is 197 g/mol. The minimum Gasteiger partial charge on any atom is -0.450 e. The van der Waals surface area contributed by atoms with E-state index in [1.807, 2.05) is 0 Å². The highest BCUT2D eigenvalue weighted by Crippen LogP contribution is 2.05. The summed E-state index contributed by atoms with van der Waals surface area (Å²) in [6.45, 7) is 5.06. The van der Waals surface area contributed by atoms with Crippen LogP contribution in [0.2, 0.25) is 0 Å². The van der Waals surface area contributed by atoms with Crippen molar-refractivity contribution in [2.75, 3.05) is 11.9 Å². The second-order valence-electron chi connectivity index (χ2n) is 2.84. The van der Waals surface area contributed by atoms with E-state index in [2.05, 4.69) is 17.3 Å². The molecule has 0 aliphatic rings. The van der Waals surface area contributed by atoms with Crippen LogP contribution in [0.4, 0.5) is 10.5 Å². The fraction of sp³-hybridized carbons (Fsp3) is 0.556. The van der Waals surface area contributed by atoms with Crippen molar-refractivity contribution in [1.29, 1.82) is 0 Å². The van der Waals surface area contributed by atoms with Gasteiger partial charge in [0.25, 0.3) is 0 Å². The summed E-state index contributed by atoms with van der Waals surface area (Å²) in [6, 6.07) is 0. The summed E-state index contributed by atoms with van der Waals surface area (Å²) in [7, 11) is 0. The van der Waals surface area contributed by atoms with Crippen LogP contribution in [0.3, 0.4) is 0 Å². The SMILES string of the molecule is CCCn1cc(NC(=O)OCC)cn1. The molecule has 0 bridgehead atoms. The number of hydrogen-bond donors (Lipinski definition) is 1. The van der Waals surface area contributed by atoms with Gasteiger partial charge in [-0.2, -0.15) is 5.10 Å². The maximum Gasteiger partial charge on any atom is 0.411 e. The number of aryl methyl sites for hydroxylation is 1. The summed E-state index contributed by atoms with van der Waals surface area (Å²) in [4.78, 5) is 11.0. The third-order valence-corrected chi connectivity index (χ3v) is 1.61. The summed E-state index contributed by atoms with van der Waals surface area (Å²) >= 11 is 0. The van der Waals surface area contributed by atoms with Gasteiger partial charge in [0.15, 0.2) is 0 Å². The Hall–Kier alpha value is -1.52. The Balaban J connectivity index is 2.46. The van der Waals surface area contributed by atoms with Crippen molar-refractivity contribution < 1.29 is 9.53 Å². The second-order valence-corrected chi connectivity index (χ2v) is 2.84. The lowest BCUT2D eigenvalue weighted by atomic mass is 10.5. The Morgan fingerprint density at radius 2 is 2.43 bits per heavy atom. The molecule has 0 fully saturated rings. The molecule has 0 radical (unpaired) electrons. The van der Waals surface area contributed by atoms with Crippen LogP contribution in [0.25, 0.3) is 0 Å². The number of nitrogens with one attached hydrogen (secondary N) is 1. The first-order chi connectivity index (χ1) is 6.76. The molecule has 78 valence electrons. The number of anilines is 1. The second kappa shape index (κ2) is 5.26. The molecule has 1 heterocycles. The maximum atomic E-state index is 11.0. The molecule has 0 unspecified atom stereocenters. The largest absolute Gasteiger partial charge is 0.450 e. The van der Waals surface area contributed by atoms with E-state index in [1.54, 1.807) is 24.0 Å². The Bertz CT molecular complexity index is 296. The summed E-state index contributed by atoms with van der Waals surface area (Å²) in [5.74, 6) is 0. The summed E-state index contributed by atoms with van der Waals surface area (Å²) in [6.07, 6.45) is 3.96. The van der Waals surface area contributed by atoms with Crippen molar-refractivity contribution in [3.05, 3.63) is 12.4 Å². The molecule has 0 atom stereocenters. The van der Waals surface area contributed by atoms with E-state index >= 15 is 0 Å². The van der Waals surface area contributed by atoms with Gasteiger partial charge in [0.05, 0.1) is 18.5 Å². The fourth-order valence-corrected chi connectivity index (χ4v) is 1.06. The Morgan fingerprint density at radius 3 is 3.07 bits per heavy atom. The molecular weight excluding hydrogens is 182 g/mol. The fourth-order valence-electron chi connectivity index (χ4n) is 1.06. The van der Waals surface area contributed by atoms with E-state index in [0.717, 1.165) is 13.0 Å². The summed E-state index contributed by atoms with van der Waals surface area (Å²) in [5.41, 5.74) is 0.664. The van der Waals surface area contributed by atoms with Crippen LogP contribution in [0.5, 0.6) is 0 Å². The van der Waals surface area contributed by atoms with Gasteiger partial charge < -0.3 is 4.74 Å². The number of amides is 1. The molecule has 1 aromatic rings. The van der Waals surface area contributed by atoms with Crippen LogP contribution < -0.4 is 5.32 Å². The average molecular weight is 197 g/mol. The van der Waals surface area contributed by atoms with Gasteiger partial charge in [0, 0.05) is 12.7 Å². The molecule has 0 saturated heterocycles. The van der Waals surface area contributed by atoms with Gasteiger partial charge in [-0.3, -0.25) is 10.00 Å². The third-order valence-electron chi connectivity index (χ3n) is 1.61. The average Bonchev–Trinajstić information content (AvgIpc) is 2.53. The molecule has 0 aliphatic heterocycles. The van der Waals surface area contributed by atoms with Gasteiger partial charge >= 0.3 is 6.09 Å². The number of carbonyl (C=O) groups excluding carboxylic acids is 1. The van der Waals surface area contributed by atoms with Crippen LogP contribution in [0, 0.1) is 0 Å². The molecular formula is C9H15N3O2. The quantitative estimate of drug-likeness (QED) is 0.801. The molecule has 1 N–H and O–H groups in total. The van der Waals surface area contributed by atoms with E-state index in [1.165, 1.54) is 0 Å². The zero-order valence-corrected chi connectivity index (χ0v) is 8.49. The number of ether oxygens (including phenoxy) is 1. The molecule has 1 rings (SSSR count). The zero-order chi connectivity index (χ0) is 10.4. The molecule has 0 spiro atoms. The molecule has 14 heavy (non-hydrogen) atoms. The van der Waals surface area contributed by atoms with Gasteiger partial charge in [0.2, 0.25) is 0 Å². The van der Waals surface area contributed by atoms with Gasteiger partial charge in [0.1, 0.15) is 0 Å². The van der Waals surface area contributed by atoms with Gasteiger partial charge in [-0.15, -0.1) is 0 Å². The molecule has 1 amide bonds. The van der Waals surface area contributed by atoms with E-state index in [9.17, 15) is 4.79 Å². The van der Waals surface area contributed by atoms with E-state index in [0.29, 0.717) is 12.3 Å². The molecule has 0 aliphatic carbocycles. The Kier molecular flexibility index (Phi) is 3.97. The Labute approximate surface area is 83.1 Å². The highest BCUT2D eigenvalue weighted by molar-refractivity contribution is 5.84. The Morgan fingerprint density at radius 1 is 1.64 bits per heavy atom. The number of rotatable bonds is 4. The van der Waals surface area contributed by atoms with Gasteiger partial charge in [-0.1, -0.05) is 6.92 Å². The number of aromatic nitrogens is 2. The first-order valence-corrected chi connectivity index (χ1v) is 4.72. The number of nitrogens with zero attached hydrogens (tertiary/aromatic N) is 2. The smallest absolute Gasteiger partial charge is 0.411 e. The standard InChI is InChI=1S/C9H15N3O2/c1-3-5-12-7-8(6-10-12)11-9(13)14-4-2/h6-7H,3-5H2,1-2H3,(H,11,13). The lowest BCUT2D eigenvalue weighted by Crippen LogP contribution is -2.12. The number of hydrogen-bond acceptors (Lipinski definition) is 3. The minimum atomic E-state index is -0.441. The first kappa shape index (κ1) is 10.6. The predicted molar refractivity (Wildman–Crippen MR) is 53.2 cm³/mol. The minimum absolute atomic E-state index is 0.370. The number of carbonyl (C=O) groups is 1. The normalized spacial score (nSPS) is 9.86. The highest BCUT2D eigenvalue weighted by Gasteiger charge is 2.03. The van der Waals surface area contributed by atoms with Crippen LogP contribution in [-0.4, -0.2) is 22.5 Å². The maximum absolute atomic E-state index is 11.0. The highest BCUT2D eigenvalue weighted by atomic mass is 16.5. The van der Waals surface area contributed by atoms with Gasteiger partial charge in [-0.05, 0) is 13.3 Å². The summed E-state index contributed by atoms with van der Waals surface area (Å²) in [5, 5.41) is 6.64. The molecule has 1 aromatic heterocycles. The lowest BCUT2D eigenvalue weighted by molar-refractivity contribution is 0.168.